The topological polar surface area (TPSA) is 102 Å². The van der Waals surface area contributed by atoms with Gasteiger partial charge in [-0.2, -0.15) is 0 Å². The van der Waals surface area contributed by atoms with Crippen molar-refractivity contribution in [3.05, 3.63) is 97.8 Å². The van der Waals surface area contributed by atoms with Crippen molar-refractivity contribution in [3.63, 3.8) is 0 Å². The lowest BCUT2D eigenvalue weighted by molar-refractivity contribution is -0.116. The summed E-state index contributed by atoms with van der Waals surface area (Å²) < 4.78 is 2.20. The van der Waals surface area contributed by atoms with Crippen LogP contribution in [-0.4, -0.2) is 27.0 Å². The molecular weight excluding hydrogens is 432 g/mol. The molecule has 3 rings (SSSR count). The maximum atomic E-state index is 12.8. The van der Waals surface area contributed by atoms with E-state index in [0.717, 1.165) is 10.1 Å². The standard InChI is InChI=1S/C23H23ClN4O4/c1-15(2)25-22(31)18-9-8-17(24)12-19(18)26-20(29)14-28-21(30)10-11-27(23(28)32)13-16-6-4-3-5-7-16/h3-12,15H,13-14H2,1-2H3,(H,25,31)(H,26,29). The van der Waals surface area contributed by atoms with Crippen molar-refractivity contribution >= 4 is 29.1 Å². The summed E-state index contributed by atoms with van der Waals surface area (Å²) in [6, 6.07) is 14.9. The smallest absolute Gasteiger partial charge is 0.331 e. The van der Waals surface area contributed by atoms with Crippen LogP contribution in [0.2, 0.25) is 5.02 Å². The molecule has 166 valence electrons. The number of hydrogen-bond donors (Lipinski definition) is 2. The van der Waals surface area contributed by atoms with E-state index in [0.29, 0.717) is 5.02 Å². The van der Waals surface area contributed by atoms with Gasteiger partial charge in [-0.15, -0.1) is 0 Å². The van der Waals surface area contributed by atoms with Crippen molar-refractivity contribution < 1.29 is 9.59 Å². The van der Waals surface area contributed by atoms with Gasteiger partial charge in [0.2, 0.25) is 5.91 Å². The highest BCUT2D eigenvalue weighted by molar-refractivity contribution is 6.31. The highest BCUT2D eigenvalue weighted by atomic mass is 35.5. The van der Waals surface area contributed by atoms with Crippen molar-refractivity contribution in [1.29, 1.82) is 0 Å². The number of rotatable bonds is 7. The van der Waals surface area contributed by atoms with Gasteiger partial charge in [0.25, 0.3) is 11.5 Å². The molecule has 3 aromatic rings. The van der Waals surface area contributed by atoms with Crippen molar-refractivity contribution in [1.82, 2.24) is 14.5 Å². The van der Waals surface area contributed by atoms with E-state index in [4.69, 9.17) is 11.6 Å². The first-order valence-electron chi connectivity index (χ1n) is 9.99. The molecule has 1 heterocycles. The van der Waals surface area contributed by atoms with Gasteiger partial charge in [0.05, 0.1) is 17.8 Å². The monoisotopic (exact) mass is 454 g/mol. The molecule has 8 nitrogen and oxygen atoms in total. The van der Waals surface area contributed by atoms with Crippen LogP contribution in [0.5, 0.6) is 0 Å². The van der Waals surface area contributed by atoms with Gasteiger partial charge in [0.1, 0.15) is 6.54 Å². The molecular formula is C23H23ClN4O4. The van der Waals surface area contributed by atoms with E-state index in [1.54, 1.807) is 0 Å². The van der Waals surface area contributed by atoms with E-state index < -0.39 is 23.7 Å². The van der Waals surface area contributed by atoms with Crippen LogP contribution in [0.15, 0.2) is 70.4 Å². The Hall–Kier alpha value is -3.65. The number of nitrogens with zero attached hydrogens (tertiary/aromatic N) is 2. The number of halogens is 1. The van der Waals surface area contributed by atoms with Crippen LogP contribution in [0.1, 0.15) is 29.8 Å². The summed E-state index contributed by atoms with van der Waals surface area (Å²) in [7, 11) is 0. The quantitative estimate of drug-likeness (QED) is 0.572. The molecule has 0 unspecified atom stereocenters. The number of anilines is 1. The van der Waals surface area contributed by atoms with Crippen LogP contribution in [0, 0.1) is 0 Å². The number of carbonyl (C=O) groups excluding carboxylic acids is 2. The van der Waals surface area contributed by atoms with Gasteiger partial charge in [-0.1, -0.05) is 41.9 Å². The van der Waals surface area contributed by atoms with Crippen LogP contribution >= 0.6 is 11.6 Å². The Morgan fingerprint density at radius 2 is 1.75 bits per heavy atom. The van der Waals surface area contributed by atoms with Gasteiger partial charge in [0, 0.05) is 23.3 Å². The number of benzene rings is 2. The maximum absolute atomic E-state index is 12.8. The number of nitrogens with one attached hydrogen (secondary N) is 2. The summed E-state index contributed by atoms with van der Waals surface area (Å²) in [5.74, 6) is -1.02. The van der Waals surface area contributed by atoms with Gasteiger partial charge in [-0.05, 0) is 37.6 Å². The van der Waals surface area contributed by atoms with Crippen molar-refractivity contribution in [2.24, 2.45) is 0 Å². The first-order chi connectivity index (χ1) is 15.2. The molecule has 0 atom stereocenters. The Morgan fingerprint density at radius 3 is 2.44 bits per heavy atom. The highest BCUT2D eigenvalue weighted by Gasteiger charge is 2.16. The third-order valence-corrected chi connectivity index (χ3v) is 4.79. The van der Waals surface area contributed by atoms with Crippen molar-refractivity contribution in [2.75, 3.05) is 5.32 Å². The van der Waals surface area contributed by atoms with Crippen LogP contribution in [0.25, 0.3) is 0 Å². The fourth-order valence-corrected chi connectivity index (χ4v) is 3.27. The third-order valence-electron chi connectivity index (χ3n) is 4.56. The summed E-state index contributed by atoms with van der Waals surface area (Å²) >= 11 is 6.03. The Kier molecular flexibility index (Phi) is 7.27. The highest BCUT2D eigenvalue weighted by Crippen LogP contribution is 2.21. The SMILES string of the molecule is CC(C)NC(=O)c1ccc(Cl)cc1NC(=O)Cn1c(=O)ccn(Cc2ccccc2)c1=O. The summed E-state index contributed by atoms with van der Waals surface area (Å²) in [6.45, 7) is 3.38. The van der Waals surface area contributed by atoms with Crippen molar-refractivity contribution in [3.8, 4) is 0 Å². The Balaban J connectivity index is 1.83. The summed E-state index contributed by atoms with van der Waals surface area (Å²) in [5, 5.41) is 5.66. The second-order valence-electron chi connectivity index (χ2n) is 7.50. The van der Waals surface area contributed by atoms with E-state index >= 15 is 0 Å². The van der Waals surface area contributed by atoms with Gasteiger partial charge in [-0.25, -0.2) is 4.79 Å². The molecule has 0 saturated carbocycles. The molecule has 0 radical (unpaired) electrons. The lowest BCUT2D eigenvalue weighted by atomic mass is 10.1. The van der Waals surface area contributed by atoms with Gasteiger partial charge in [-0.3, -0.25) is 23.5 Å². The van der Waals surface area contributed by atoms with Gasteiger partial charge < -0.3 is 10.6 Å². The second kappa shape index (κ2) is 10.1. The van der Waals surface area contributed by atoms with E-state index in [-0.39, 0.29) is 29.7 Å². The average molecular weight is 455 g/mol. The summed E-state index contributed by atoms with van der Waals surface area (Å²) in [4.78, 5) is 50.2. The summed E-state index contributed by atoms with van der Waals surface area (Å²) in [6.07, 6.45) is 1.40. The molecule has 32 heavy (non-hydrogen) atoms. The molecule has 0 aliphatic rings. The number of carbonyl (C=O) groups is 2. The Morgan fingerprint density at radius 1 is 1.03 bits per heavy atom. The zero-order chi connectivity index (χ0) is 23.3. The predicted octanol–water partition coefficient (Wildman–Crippen LogP) is 2.49. The molecule has 0 bridgehead atoms. The van der Waals surface area contributed by atoms with Crippen LogP contribution in [0.4, 0.5) is 5.69 Å². The zero-order valence-corrected chi connectivity index (χ0v) is 18.4. The molecule has 0 aliphatic carbocycles. The predicted molar refractivity (Wildman–Crippen MR) is 123 cm³/mol. The maximum Gasteiger partial charge on any atom is 0.331 e. The molecule has 2 aromatic carbocycles. The molecule has 0 fully saturated rings. The largest absolute Gasteiger partial charge is 0.350 e. The first kappa shape index (κ1) is 23.0. The lowest BCUT2D eigenvalue weighted by Crippen LogP contribution is -2.42. The minimum absolute atomic E-state index is 0.104. The molecule has 0 spiro atoms. The minimum Gasteiger partial charge on any atom is -0.350 e. The lowest BCUT2D eigenvalue weighted by Gasteiger charge is -2.14. The van der Waals surface area contributed by atoms with Crippen LogP contribution < -0.4 is 21.9 Å². The molecule has 2 N–H and O–H groups in total. The fourth-order valence-electron chi connectivity index (χ4n) is 3.09. The fraction of sp³-hybridized carbons (Fsp3) is 0.217. The molecule has 0 saturated heterocycles. The molecule has 9 heteroatoms. The minimum atomic E-state index is -0.637. The Labute approximate surface area is 189 Å². The van der Waals surface area contributed by atoms with Gasteiger partial charge >= 0.3 is 5.69 Å². The van der Waals surface area contributed by atoms with E-state index in [1.165, 1.54) is 35.0 Å². The molecule has 1 aromatic heterocycles. The molecule has 0 aliphatic heterocycles. The summed E-state index contributed by atoms with van der Waals surface area (Å²) in [5.41, 5.74) is 0.0790. The second-order valence-corrected chi connectivity index (χ2v) is 7.94. The molecule has 2 amide bonds. The van der Waals surface area contributed by atoms with E-state index in [9.17, 15) is 19.2 Å². The number of amides is 2. The first-order valence-corrected chi connectivity index (χ1v) is 10.4. The van der Waals surface area contributed by atoms with E-state index in [2.05, 4.69) is 10.6 Å². The third kappa shape index (κ3) is 5.73. The van der Waals surface area contributed by atoms with Crippen LogP contribution in [0.3, 0.4) is 0 Å². The number of hydrogen-bond acceptors (Lipinski definition) is 4. The van der Waals surface area contributed by atoms with Crippen molar-refractivity contribution in [2.45, 2.75) is 33.0 Å². The average Bonchev–Trinajstić information content (AvgIpc) is 2.73. The van der Waals surface area contributed by atoms with Gasteiger partial charge in [0.15, 0.2) is 0 Å². The van der Waals surface area contributed by atoms with Crippen LogP contribution in [-0.2, 0) is 17.9 Å². The van der Waals surface area contributed by atoms with E-state index in [1.807, 2.05) is 44.2 Å². The Bertz CT molecular complexity index is 1250. The normalized spacial score (nSPS) is 10.8. The number of aromatic nitrogens is 2. The zero-order valence-electron chi connectivity index (χ0n) is 17.7.